The molecule has 4 nitrogen and oxygen atoms in total. The number of anilines is 1. The quantitative estimate of drug-likeness (QED) is 0.587. The lowest BCUT2D eigenvalue weighted by atomic mass is 10.3. The molecular weight excluding hydrogens is 180 g/mol. The van der Waals surface area contributed by atoms with Gasteiger partial charge < -0.3 is 15.0 Å². The molecule has 0 fully saturated rings. The standard InChI is InChI=1S/C10H16N2O2/c1-3-4-5-14-10(13)9-6-8(11)7-12(9)2/h6-7H,3-5,11H2,1-2H3. The number of nitrogens with two attached hydrogens (primary N) is 1. The van der Waals surface area contributed by atoms with Gasteiger partial charge in [0.05, 0.1) is 12.3 Å². The highest BCUT2D eigenvalue weighted by Crippen LogP contribution is 2.10. The number of carbonyl (C=O) groups excluding carboxylic acids is 1. The first-order valence-electron chi connectivity index (χ1n) is 4.74. The molecule has 0 atom stereocenters. The van der Waals surface area contributed by atoms with E-state index in [1.54, 1.807) is 23.9 Å². The van der Waals surface area contributed by atoms with Crippen LogP contribution in [0, 0.1) is 0 Å². The van der Waals surface area contributed by atoms with Crippen LogP contribution in [-0.2, 0) is 11.8 Å². The van der Waals surface area contributed by atoms with Crippen molar-refractivity contribution in [1.82, 2.24) is 4.57 Å². The van der Waals surface area contributed by atoms with E-state index in [9.17, 15) is 4.79 Å². The van der Waals surface area contributed by atoms with Gasteiger partial charge in [-0.15, -0.1) is 0 Å². The summed E-state index contributed by atoms with van der Waals surface area (Å²) in [6.45, 7) is 2.52. The number of rotatable bonds is 4. The summed E-state index contributed by atoms with van der Waals surface area (Å²) in [7, 11) is 1.77. The fourth-order valence-corrected chi connectivity index (χ4v) is 1.18. The zero-order valence-electron chi connectivity index (χ0n) is 8.62. The highest BCUT2D eigenvalue weighted by Gasteiger charge is 2.11. The molecule has 0 amide bonds. The molecule has 0 aliphatic heterocycles. The van der Waals surface area contributed by atoms with Crippen molar-refractivity contribution in [2.24, 2.45) is 7.05 Å². The summed E-state index contributed by atoms with van der Waals surface area (Å²) >= 11 is 0. The van der Waals surface area contributed by atoms with E-state index in [4.69, 9.17) is 10.5 Å². The largest absolute Gasteiger partial charge is 0.461 e. The van der Waals surface area contributed by atoms with Crippen molar-refractivity contribution in [2.45, 2.75) is 19.8 Å². The van der Waals surface area contributed by atoms with E-state index in [1.807, 2.05) is 6.92 Å². The van der Waals surface area contributed by atoms with Crippen molar-refractivity contribution in [1.29, 1.82) is 0 Å². The van der Waals surface area contributed by atoms with Crippen LogP contribution in [-0.4, -0.2) is 17.1 Å². The molecule has 0 aromatic carbocycles. The molecule has 0 spiro atoms. The highest BCUT2D eigenvalue weighted by atomic mass is 16.5. The topological polar surface area (TPSA) is 57.2 Å². The van der Waals surface area contributed by atoms with Crippen molar-refractivity contribution in [2.75, 3.05) is 12.3 Å². The fraction of sp³-hybridized carbons (Fsp3) is 0.500. The minimum atomic E-state index is -0.308. The maximum absolute atomic E-state index is 11.5. The molecule has 4 heteroatoms. The average molecular weight is 196 g/mol. The number of hydrogen-bond donors (Lipinski definition) is 1. The SMILES string of the molecule is CCCCOC(=O)c1cc(N)cn1C. The summed E-state index contributed by atoms with van der Waals surface area (Å²) in [5, 5.41) is 0. The van der Waals surface area contributed by atoms with E-state index in [-0.39, 0.29) is 5.97 Å². The second kappa shape index (κ2) is 4.69. The van der Waals surface area contributed by atoms with Gasteiger partial charge >= 0.3 is 5.97 Å². The molecular formula is C10H16N2O2. The average Bonchev–Trinajstić information content (AvgIpc) is 2.45. The highest BCUT2D eigenvalue weighted by molar-refractivity contribution is 5.89. The molecule has 0 unspecified atom stereocenters. The number of ether oxygens (including phenoxy) is 1. The minimum Gasteiger partial charge on any atom is -0.461 e. The van der Waals surface area contributed by atoms with Crippen LogP contribution in [0.3, 0.4) is 0 Å². The maximum Gasteiger partial charge on any atom is 0.355 e. The molecule has 0 aliphatic rings. The molecule has 14 heavy (non-hydrogen) atoms. The molecule has 1 heterocycles. The number of nitrogens with zero attached hydrogens (tertiary/aromatic N) is 1. The molecule has 0 bridgehead atoms. The van der Waals surface area contributed by atoms with E-state index in [1.165, 1.54) is 0 Å². The van der Waals surface area contributed by atoms with Crippen molar-refractivity contribution < 1.29 is 9.53 Å². The Labute approximate surface area is 83.7 Å². The van der Waals surface area contributed by atoms with Gasteiger partial charge in [0.1, 0.15) is 5.69 Å². The van der Waals surface area contributed by atoms with E-state index in [0.717, 1.165) is 12.8 Å². The molecule has 1 aromatic heterocycles. The Balaban J connectivity index is 2.56. The lowest BCUT2D eigenvalue weighted by Crippen LogP contribution is -2.10. The van der Waals surface area contributed by atoms with Gasteiger partial charge in [-0.3, -0.25) is 0 Å². The molecule has 0 saturated heterocycles. The first-order valence-corrected chi connectivity index (χ1v) is 4.74. The van der Waals surface area contributed by atoms with Crippen LogP contribution >= 0.6 is 0 Å². The van der Waals surface area contributed by atoms with Crippen LogP contribution in [0.1, 0.15) is 30.3 Å². The monoisotopic (exact) mass is 196 g/mol. The van der Waals surface area contributed by atoms with Gasteiger partial charge in [0.15, 0.2) is 0 Å². The van der Waals surface area contributed by atoms with Gasteiger partial charge in [-0.05, 0) is 12.5 Å². The third kappa shape index (κ3) is 2.52. The molecule has 0 aliphatic carbocycles. The summed E-state index contributed by atoms with van der Waals surface area (Å²) in [4.78, 5) is 11.5. The molecule has 1 aromatic rings. The predicted molar refractivity (Wildman–Crippen MR) is 55.0 cm³/mol. The van der Waals surface area contributed by atoms with Crippen molar-refractivity contribution in [3.8, 4) is 0 Å². The van der Waals surface area contributed by atoms with E-state index in [0.29, 0.717) is 18.0 Å². The summed E-state index contributed by atoms with van der Waals surface area (Å²) in [5.41, 5.74) is 6.62. The van der Waals surface area contributed by atoms with Crippen molar-refractivity contribution in [3.05, 3.63) is 18.0 Å². The van der Waals surface area contributed by atoms with Gasteiger partial charge in [-0.25, -0.2) is 4.79 Å². The molecule has 1 rings (SSSR count). The smallest absolute Gasteiger partial charge is 0.355 e. The first-order chi connectivity index (χ1) is 6.65. The molecule has 2 N–H and O–H groups in total. The summed E-state index contributed by atoms with van der Waals surface area (Å²) in [6.07, 6.45) is 3.60. The number of hydrogen-bond acceptors (Lipinski definition) is 3. The van der Waals surface area contributed by atoms with Crippen LogP contribution in [0.15, 0.2) is 12.3 Å². The maximum atomic E-state index is 11.5. The number of esters is 1. The first kappa shape index (κ1) is 10.6. The van der Waals surface area contributed by atoms with Gasteiger partial charge in [-0.1, -0.05) is 13.3 Å². The number of aryl methyl sites for hydroxylation is 1. The Bertz CT molecular complexity index is 318. The molecule has 0 saturated carbocycles. The van der Waals surface area contributed by atoms with Crippen LogP contribution in [0.4, 0.5) is 5.69 Å². The number of carbonyl (C=O) groups is 1. The fourth-order valence-electron chi connectivity index (χ4n) is 1.18. The number of aromatic nitrogens is 1. The lowest BCUT2D eigenvalue weighted by Gasteiger charge is -2.03. The third-order valence-corrected chi connectivity index (χ3v) is 1.97. The predicted octanol–water partition coefficient (Wildman–Crippen LogP) is 1.56. The Morgan fingerprint density at radius 1 is 1.64 bits per heavy atom. The summed E-state index contributed by atoms with van der Waals surface area (Å²) in [6, 6.07) is 1.62. The third-order valence-electron chi connectivity index (χ3n) is 1.97. The minimum absolute atomic E-state index is 0.308. The summed E-state index contributed by atoms with van der Waals surface area (Å²) < 4.78 is 6.72. The van der Waals surface area contributed by atoms with E-state index >= 15 is 0 Å². The van der Waals surface area contributed by atoms with Crippen LogP contribution in [0.2, 0.25) is 0 Å². The molecule has 78 valence electrons. The van der Waals surface area contributed by atoms with Crippen molar-refractivity contribution in [3.63, 3.8) is 0 Å². The van der Waals surface area contributed by atoms with Crippen LogP contribution < -0.4 is 5.73 Å². The normalized spacial score (nSPS) is 10.1. The second-order valence-corrected chi connectivity index (χ2v) is 3.26. The zero-order valence-corrected chi connectivity index (χ0v) is 8.62. The van der Waals surface area contributed by atoms with Crippen molar-refractivity contribution >= 4 is 11.7 Å². The summed E-state index contributed by atoms with van der Waals surface area (Å²) in [5.74, 6) is -0.308. The Morgan fingerprint density at radius 3 is 2.86 bits per heavy atom. The Kier molecular flexibility index (Phi) is 3.56. The van der Waals surface area contributed by atoms with Gasteiger partial charge in [0.25, 0.3) is 0 Å². The van der Waals surface area contributed by atoms with Gasteiger partial charge in [-0.2, -0.15) is 0 Å². The lowest BCUT2D eigenvalue weighted by molar-refractivity contribution is 0.0488. The number of nitrogen functional groups attached to an aromatic ring is 1. The van der Waals surface area contributed by atoms with E-state index < -0.39 is 0 Å². The van der Waals surface area contributed by atoms with Crippen LogP contribution in [0.5, 0.6) is 0 Å². The Morgan fingerprint density at radius 2 is 2.36 bits per heavy atom. The van der Waals surface area contributed by atoms with Crippen LogP contribution in [0.25, 0.3) is 0 Å². The zero-order chi connectivity index (χ0) is 10.6. The molecule has 0 radical (unpaired) electrons. The van der Waals surface area contributed by atoms with E-state index in [2.05, 4.69) is 0 Å². The number of unbranched alkanes of at least 4 members (excludes halogenated alkanes) is 1. The van der Waals surface area contributed by atoms with Gasteiger partial charge in [0.2, 0.25) is 0 Å². The Hall–Kier alpha value is -1.45. The van der Waals surface area contributed by atoms with Gasteiger partial charge in [0, 0.05) is 13.2 Å². The second-order valence-electron chi connectivity index (χ2n) is 3.26.